The summed E-state index contributed by atoms with van der Waals surface area (Å²) >= 11 is 5.98. The molecule has 1 amide bonds. The number of benzene rings is 2. The summed E-state index contributed by atoms with van der Waals surface area (Å²) in [5.41, 5.74) is 1.16. The number of nitrogens with zero attached hydrogens (tertiary/aromatic N) is 2. The van der Waals surface area contributed by atoms with Gasteiger partial charge in [0.15, 0.2) is 11.1 Å². The SMILES string of the molecule is CCC(=O)NC(C)S(=O)(=O)OOc1ccccc1Oc1cnc2ccc(Cl)cc2n1. The highest BCUT2D eigenvalue weighted by Crippen LogP contribution is 2.31. The zero-order valence-electron chi connectivity index (χ0n) is 16.0. The fourth-order valence-corrected chi connectivity index (χ4v) is 3.00. The summed E-state index contributed by atoms with van der Waals surface area (Å²) in [6.07, 6.45) is 1.54. The number of nitrogens with one attached hydrogen (secondary N) is 1. The Hall–Kier alpha value is -2.95. The number of amides is 1. The molecule has 0 aliphatic rings. The van der Waals surface area contributed by atoms with Crippen LogP contribution in [0.25, 0.3) is 11.0 Å². The van der Waals surface area contributed by atoms with Crippen LogP contribution >= 0.6 is 11.6 Å². The second-order valence-corrected chi connectivity index (χ2v) is 8.36. The predicted octanol–water partition coefficient (Wildman–Crippen LogP) is 3.59. The molecule has 0 aliphatic carbocycles. The maximum atomic E-state index is 12.2. The van der Waals surface area contributed by atoms with E-state index in [0.717, 1.165) is 0 Å². The standard InChI is InChI=1S/C19H18ClN3O6S/c1-3-18(24)22-12(2)30(25,26)29-28-17-7-5-4-6-16(17)27-19-11-21-14-9-8-13(20)10-15(14)23-19/h4-12H,3H2,1-2H3,(H,22,24). The van der Waals surface area contributed by atoms with Crippen molar-refractivity contribution in [1.29, 1.82) is 0 Å². The summed E-state index contributed by atoms with van der Waals surface area (Å²) in [5.74, 6) is -0.155. The van der Waals surface area contributed by atoms with Crippen LogP contribution in [-0.2, 0) is 19.2 Å². The number of ether oxygens (including phenoxy) is 1. The van der Waals surface area contributed by atoms with Gasteiger partial charge in [0.25, 0.3) is 0 Å². The molecular formula is C19H18ClN3O6S. The Morgan fingerprint density at radius 2 is 1.90 bits per heavy atom. The Morgan fingerprint density at radius 3 is 2.63 bits per heavy atom. The number of para-hydroxylation sites is 2. The lowest BCUT2D eigenvalue weighted by Crippen LogP contribution is -2.39. The Labute approximate surface area is 178 Å². The van der Waals surface area contributed by atoms with Gasteiger partial charge >= 0.3 is 10.1 Å². The number of aromatic nitrogens is 2. The van der Waals surface area contributed by atoms with Gasteiger partial charge in [-0.25, -0.2) is 9.97 Å². The number of carbonyl (C=O) groups excluding carboxylic acids is 1. The number of hydrogen-bond acceptors (Lipinski definition) is 8. The first kappa shape index (κ1) is 21.8. The van der Waals surface area contributed by atoms with Crippen LogP contribution in [0.3, 0.4) is 0 Å². The van der Waals surface area contributed by atoms with Crippen molar-refractivity contribution in [3.63, 3.8) is 0 Å². The van der Waals surface area contributed by atoms with Crippen molar-refractivity contribution in [1.82, 2.24) is 15.3 Å². The van der Waals surface area contributed by atoms with E-state index in [0.29, 0.717) is 16.1 Å². The third-order valence-corrected chi connectivity index (χ3v) is 5.36. The molecule has 1 aromatic heterocycles. The van der Waals surface area contributed by atoms with Gasteiger partial charge in [-0.05, 0) is 37.3 Å². The number of rotatable bonds is 8. The van der Waals surface area contributed by atoms with Crippen LogP contribution < -0.4 is 14.9 Å². The van der Waals surface area contributed by atoms with Crippen LogP contribution in [0.5, 0.6) is 17.4 Å². The van der Waals surface area contributed by atoms with Crippen LogP contribution in [0.2, 0.25) is 5.02 Å². The number of fused-ring (bicyclic) bond motifs is 1. The normalized spacial score (nSPS) is 12.4. The van der Waals surface area contributed by atoms with Crippen LogP contribution in [0, 0.1) is 0 Å². The lowest BCUT2D eigenvalue weighted by Gasteiger charge is -2.14. The van der Waals surface area contributed by atoms with E-state index in [9.17, 15) is 13.2 Å². The Morgan fingerprint density at radius 1 is 1.17 bits per heavy atom. The molecule has 0 spiro atoms. The van der Waals surface area contributed by atoms with Crippen LogP contribution in [0.4, 0.5) is 0 Å². The Bertz CT molecular complexity index is 1170. The molecule has 0 saturated heterocycles. The maximum Gasteiger partial charge on any atom is 0.323 e. The quantitative estimate of drug-likeness (QED) is 0.408. The summed E-state index contributed by atoms with van der Waals surface area (Å²) in [7, 11) is -4.24. The molecule has 30 heavy (non-hydrogen) atoms. The molecular weight excluding hydrogens is 434 g/mol. The van der Waals surface area contributed by atoms with E-state index in [2.05, 4.69) is 19.6 Å². The predicted molar refractivity (Wildman–Crippen MR) is 110 cm³/mol. The minimum absolute atomic E-state index is 0.0110. The summed E-state index contributed by atoms with van der Waals surface area (Å²) in [4.78, 5) is 24.9. The molecule has 0 aliphatic heterocycles. The van der Waals surface area contributed by atoms with Gasteiger partial charge in [0, 0.05) is 11.4 Å². The fourth-order valence-electron chi connectivity index (χ4n) is 2.28. The average molecular weight is 452 g/mol. The van der Waals surface area contributed by atoms with E-state index in [4.69, 9.17) is 21.2 Å². The zero-order valence-corrected chi connectivity index (χ0v) is 17.6. The van der Waals surface area contributed by atoms with E-state index in [1.54, 1.807) is 37.3 Å². The first-order chi connectivity index (χ1) is 14.3. The second kappa shape index (κ2) is 9.24. The summed E-state index contributed by atoms with van der Waals surface area (Å²) < 4.78 is 34.6. The minimum Gasteiger partial charge on any atom is -0.433 e. The van der Waals surface area contributed by atoms with Crippen LogP contribution in [0.1, 0.15) is 20.3 Å². The Kier molecular flexibility index (Phi) is 6.70. The van der Waals surface area contributed by atoms with Crippen molar-refractivity contribution in [2.24, 2.45) is 0 Å². The van der Waals surface area contributed by atoms with Crippen molar-refractivity contribution >= 4 is 38.7 Å². The molecule has 0 saturated carbocycles. The van der Waals surface area contributed by atoms with Gasteiger partial charge < -0.3 is 14.9 Å². The molecule has 1 unspecified atom stereocenters. The zero-order chi connectivity index (χ0) is 21.7. The molecule has 0 fully saturated rings. The van der Waals surface area contributed by atoms with Crippen LogP contribution in [-0.4, -0.2) is 29.7 Å². The minimum atomic E-state index is -4.24. The fraction of sp³-hybridized carbons (Fsp3) is 0.211. The Balaban J connectivity index is 1.75. The van der Waals surface area contributed by atoms with Gasteiger partial charge in [-0.3, -0.25) is 4.79 Å². The topological polar surface area (TPSA) is 117 Å². The molecule has 1 N–H and O–H groups in total. The lowest BCUT2D eigenvalue weighted by atomic mass is 10.3. The number of halogens is 1. The van der Waals surface area contributed by atoms with E-state index in [1.807, 2.05) is 0 Å². The van der Waals surface area contributed by atoms with E-state index in [1.165, 1.54) is 25.3 Å². The third-order valence-electron chi connectivity index (χ3n) is 3.88. The summed E-state index contributed by atoms with van der Waals surface area (Å²) in [6.45, 7) is 2.87. The highest BCUT2D eigenvalue weighted by molar-refractivity contribution is 7.87. The second-order valence-electron chi connectivity index (χ2n) is 6.10. The van der Waals surface area contributed by atoms with Crippen molar-refractivity contribution in [3.8, 4) is 17.4 Å². The number of hydrogen-bond donors (Lipinski definition) is 1. The van der Waals surface area contributed by atoms with E-state index in [-0.39, 0.29) is 23.8 Å². The van der Waals surface area contributed by atoms with Gasteiger partial charge in [-0.15, -0.1) is 0 Å². The molecule has 0 bridgehead atoms. The first-order valence-corrected chi connectivity index (χ1v) is 10.7. The van der Waals surface area contributed by atoms with Crippen molar-refractivity contribution in [3.05, 3.63) is 53.7 Å². The van der Waals surface area contributed by atoms with Gasteiger partial charge in [0.05, 0.1) is 17.2 Å². The third kappa shape index (κ3) is 5.35. The lowest BCUT2D eigenvalue weighted by molar-refractivity contribution is -0.121. The maximum absolute atomic E-state index is 12.2. The largest absolute Gasteiger partial charge is 0.433 e. The van der Waals surface area contributed by atoms with E-state index >= 15 is 0 Å². The van der Waals surface area contributed by atoms with Crippen molar-refractivity contribution in [2.45, 2.75) is 25.6 Å². The molecule has 3 aromatic rings. The average Bonchev–Trinajstić information content (AvgIpc) is 2.72. The van der Waals surface area contributed by atoms with Gasteiger partial charge in [0.2, 0.25) is 17.5 Å². The van der Waals surface area contributed by atoms with Gasteiger partial charge in [-0.2, -0.15) is 8.42 Å². The molecule has 9 nitrogen and oxygen atoms in total. The highest BCUT2D eigenvalue weighted by atomic mass is 35.5. The molecule has 2 aromatic carbocycles. The van der Waals surface area contributed by atoms with E-state index < -0.39 is 21.4 Å². The smallest absolute Gasteiger partial charge is 0.323 e. The highest BCUT2D eigenvalue weighted by Gasteiger charge is 2.25. The molecule has 0 radical (unpaired) electrons. The number of carbonyl (C=O) groups is 1. The van der Waals surface area contributed by atoms with Crippen LogP contribution in [0.15, 0.2) is 48.7 Å². The molecule has 11 heteroatoms. The monoisotopic (exact) mass is 451 g/mol. The summed E-state index contributed by atoms with van der Waals surface area (Å²) in [5, 5.41) is 1.49. The van der Waals surface area contributed by atoms with Crippen molar-refractivity contribution < 1.29 is 27.2 Å². The first-order valence-electron chi connectivity index (χ1n) is 8.87. The summed E-state index contributed by atoms with van der Waals surface area (Å²) in [6, 6.07) is 11.3. The molecule has 3 rings (SSSR count). The van der Waals surface area contributed by atoms with Crippen molar-refractivity contribution in [2.75, 3.05) is 0 Å². The van der Waals surface area contributed by atoms with Gasteiger partial charge in [0.1, 0.15) is 0 Å². The van der Waals surface area contributed by atoms with Gasteiger partial charge in [-0.1, -0.05) is 35.0 Å². The molecule has 158 valence electrons. The molecule has 1 heterocycles. The molecule has 1 atom stereocenters.